The van der Waals surface area contributed by atoms with E-state index in [0.717, 1.165) is 16.5 Å². The first-order valence-corrected chi connectivity index (χ1v) is 6.28. The van der Waals surface area contributed by atoms with Crippen LogP contribution >= 0.6 is 11.3 Å². The van der Waals surface area contributed by atoms with Gasteiger partial charge >= 0.3 is 0 Å². The molecule has 96 valence electrons. The van der Waals surface area contributed by atoms with Crippen LogP contribution in [0.2, 0.25) is 0 Å². The Bertz CT molecular complexity index is 688. The average molecular weight is 275 g/mol. The van der Waals surface area contributed by atoms with E-state index in [1.165, 1.54) is 23.5 Å². The van der Waals surface area contributed by atoms with Crippen molar-refractivity contribution < 1.29 is 9.18 Å². The van der Waals surface area contributed by atoms with Crippen LogP contribution in [0.1, 0.15) is 26.5 Å². The Morgan fingerprint density at radius 1 is 1.47 bits per heavy atom. The Hall–Kier alpha value is -2.26. The summed E-state index contributed by atoms with van der Waals surface area (Å²) in [6, 6.07) is 6.04. The molecule has 2 aromatic heterocycles. The molecular formula is C13H10FN3OS. The molecule has 0 fully saturated rings. The fraction of sp³-hybridized carbons (Fsp3) is 0.154. The van der Waals surface area contributed by atoms with E-state index in [2.05, 4.69) is 16.4 Å². The molecule has 0 unspecified atom stereocenters. The molecule has 2 rings (SSSR count). The van der Waals surface area contributed by atoms with Crippen LogP contribution in [0.3, 0.4) is 0 Å². The zero-order chi connectivity index (χ0) is 14.0. The van der Waals surface area contributed by atoms with E-state index in [1.54, 1.807) is 0 Å². The highest BCUT2D eigenvalue weighted by atomic mass is 32.1. The molecule has 0 aliphatic rings. The van der Waals surface area contributed by atoms with Gasteiger partial charge in [0.2, 0.25) is 5.95 Å². The molecule has 0 bridgehead atoms. The van der Waals surface area contributed by atoms with E-state index < -0.39 is 11.9 Å². The van der Waals surface area contributed by atoms with Crippen LogP contribution in [0.5, 0.6) is 0 Å². The van der Waals surface area contributed by atoms with Gasteiger partial charge in [0.25, 0.3) is 5.91 Å². The largest absolute Gasteiger partial charge is 0.311 e. The number of nitriles is 1. The van der Waals surface area contributed by atoms with Crippen LogP contribution in [0, 0.1) is 31.1 Å². The number of amides is 1. The van der Waals surface area contributed by atoms with Gasteiger partial charge in [-0.05, 0) is 31.5 Å². The Morgan fingerprint density at radius 3 is 2.84 bits per heavy atom. The molecule has 0 aliphatic carbocycles. The van der Waals surface area contributed by atoms with Crippen molar-refractivity contribution >= 4 is 22.2 Å². The summed E-state index contributed by atoms with van der Waals surface area (Å²) in [7, 11) is 0. The number of hydrogen-bond acceptors (Lipinski definition) is 4. The summed E-state index contributed by atoms with van der Waals surface area (Å²) < 4.78 is 12.9. The lowest BCUT2D eigenvalue weighted by molar-refractivity contribution is 0.102. The maximum absolute atomic E-state index is 12.9. The van der Waals surface area contributed by atoms with Crippen LogP contribution < -0.4 is 5.32 Å². The Balaban J connectivity index is 2.30. The number of carbonyl (C=O) groups is 1. The molecule has 0 radical (unpaired) electrons. The summed E-state index contributed by atoms with van der Waals surface area (Å²) in [5.74, 6) is -1.25. The van der Waals surface area contributed by atoms with Crippen LogP contribution in [0.15, 0.2) is 18.2 Å². The summed E-state index contributed by atoms with van der Waals surface area (Å²) in [4.78, 5) is 16.4. The van der Waals surface area contributed by atoms with Gasteiger partial charge < -0.3 is 5.32 Å². The zero-order valence-corrected chi connectivity index (χ0v) is 11.1. The van der Waals surface area contributed by atoms with Crippen LogP contribution in [0.25, 0.3) is 0 Å². The smallest absolute Gasteiger partial charge is 0.275 e. The molecule has 1 amide bonds. The van der Waals surface area contributed by atoms with Gasteiger partial charge in [-0.2, -0.15) is 9.65 Å². The molecule has 0 atom stereocenters. The number of anilines is 1. The number of thiophene rings is 1. The molecule has 0 aliphatic heterocycles. The van der Waals surface area contributed by atoms with Crippen molar-refractivity contribution in [3.05, 3.63) is 45.8 Å². The van der Waals surface area contributed by atoms with Gasteiger partial charge in [0.15, 0.2) is 0 Å². The number of aromatic nitrogens is 1. The van der Waals surface area contributed by atoms with Crippen molar-refractivity contribution in [2.24, 2.45) is 0 Å². The quantitative estimate of drug-likeness (QED) is 0.857. The number of nitrogens with one attached hydrogen (secondary N) is 1. The van der Waals surface area contributed by atoms with Gasteiger partial charge in [-0.1, -0.05) is 6.07 Å². The molecule has 19 heavy (non-hydrogen) atoms. The topological polar surface area (TPSA) is 65.8 Å². The predicted octanol–water partition coefficient (Wildman–Crippen LogP) is 3.02. The lowest BCUT2D eigenvalue weighted by Crippen LogP contribution is -2.14. The van der Waals surface area contributed by atoms with Gasteiger partial charge in [-0.25, -0.2) is 4.98 Å². The van der Waals surface area contributed by atoms with Crippen molar-refractivity contribution in [2.45, 2.75) is 13.8 Å². The number of carbonyl (C=O) groups excluding carboxylic acids is 1. The van der Waals surface area contributed by atoms with Crippen molar-refractivity contribution in [3.8, 4) is 6.07 Å². The number of hydrogen-bond donors (Lipinski definition) is 1. The van der Waals surface area contributed by atoms with E-state index in [1.807, 2.05) is 13.8 Å². The monoisotopic (exact) mass is 275 g/mol. The maximum Gasteiger partial charge on any atom is 0.275 e. The van der Waals surface area contributed by atoms with Gasteiger partial charge in [-0.15, -0.1) is 11.3 Å². The van der Waals surface area contributed by atoms with Gasteiger partial charge in [-0.3, -0.25) is 4.79 Å². The molecule has 0 aromatic carbocycles. The molecule has 0 spiro atoms. The second kappa shape index (κ2) is 5.16. The van der Waals surface area contributed by atoms with E-state index in [0.29, 0.717) is 10.6 Å². The molecule has 1 N–H and O–H groups in total. The highest BCUT2D eigenvalue weighted by molar-refractivity contribution is 7.16. The van der Waals surface area contributed by atoms with E-state index in [9.17, 15) is 9.18 Å². The predicted molar refractivity (Wildman–Crippen MR) is 70.7 cm³/mol. The van der Waals surface area contributed by atoms with Gasteiger partial charge in [0, 0.05) is 4.88 Å². The van der Waals surface area contributed by atoms with E-state index in [-0.39, 0.29) is 5.69 Å². The Labute approximate surface area is 113 Å². The van der Waals surface area contributed by atoms with Crippen molar-refractivity contribution in [1.29, 1.82) is 5.26 Å². The fourth-order valence-corrected chi connectivity index (χ4v) is 2.56. The Kier molecular flexibility index (Phi) is 3.58. The SMILES string of the molecule is Cc1sc(NC(=O)c2cccc(F)n2)c(C#N)c1C. The summed E-state index contributed by atoms with van der Waals surface area (Å²) >= 11 is 1.32. The zero-order valence-electron chi connectivity index (χ0n) is 10.3. The first-order chi connectivity index (χ1) is 9.02. The first kappa shape index (κ1) is 13.2. The molecule has 6 heteroatoms. The minimum absolute atomic E-state index is 0.0207. The second-order valence-corrected chi connectivity index (χ2v) is 5.12. The first-order valence-electron chi connectivity index (χ1n) is 5.47. The normalized spacial score (nSPS) is 10.0. The van der Waals surface area contributed by atoms with Crippen LogP contribution in [-0.2, 0) is 0 Å². The third-order valence-corrected chi connectivity index (χ3v) is 3.79. The van der Waals surface area contributed by atoms with Gasteiger partial charge in [0.05, 0.1) is 5.56 Å². The fourth-order valence-electron chi connectivity index (χ4n) is 1.55. The third kappa shape index (κ3) is 2.61. The standard InChI is InChI=1S/C13H10FN3OS/c1-7-8(2)19-13(9(7)6-15)17-12(18)10-4-3-5-11(14)16-10/h3-5H,1-2H3,(H,17,18). The summed E-state index contributed by atoms with van der Waals surface area (Å²) in [5, 5.41) is 12.1. The summed E-state index contributed by atoms with van der Waals surface area (Å²) in [6.07, 6.45) is 0. The molecular weight excluding hydrogens is 265 g/mol. The summed E-state index contributed by atoms with van der Waals surface area (Å²) in [6.45, 7) is 3.69. The van der Waals surface area contributed by atoms with Crippen molar-refractivity contribution in [2.75, 3.05) is 5.32 Å². The number of aryl methyl sites for hydroxylation is 1. The molecule has 0 saturated carbocycles. The van der Waals surface area contributed by atoms with E-state index in [4.69, 9.17) is 5.26 Å². The summed E-state index contributed by atoms with van der Waals surface area (Å²) in [5.41, 5.74) is 1.26. The minimum atomic E-state index is -0.716. The van der Waals surface area contributed by atoms with Crippen LogP contribution in [-0.4, -0.2) is 10.9 Å². The highest BCUT2D eigenvalue weighted by Gasteiger charge is 2.16. The number of pyridine rings is 1. The third-order valence-electron chi connectivity index (χ3n) is 2.67. The average Bonchev–Trinajstić information content (AvgIpc) is 2.64. The van der Waals surface area contributed by atoms with Crippen molar-refractivity contribution in [1.82, 2.24) is 4.98 Å². The van der Waals surface area contributed by atoms with Crippen LogP contribution in [0.4, 0.5) is 9.39 Å². The lowest BCUT2D eigenvalue weighted by Gasteiger charge is -2.02. The number of rotatable bonds is 2. The van der Waals surface area contributed by atoms with E-state index >= 15 is 0 Å². The lowest BCUT2D eigenvalue weighted by atomic mass is 10.2. The van der Waals surface area contributed by atoms with Gasteiger partial charge in [0.1, 0.15) is 16.8 Å². The number of nitrogens with zero attached hydrogens (tertiary/aromatic N) is 2. The second-order valence-electron chi connectivity index (χ2n) is 3.90. The maximum atomic E-state index is 12.9. The molecule has 2 heterocycles. The minimum Gasteiger partial charge on any atom is -0.311 e. The molecule has 4 nitrogen and oxygen atoms in total. The van der Waals surface area contributed by atoms with Crippen molar-refractivity contribution in [3.63, 3.8) is 0 Å². The Morgan fingerprint density at radius 2 is 2.21 bits per heavy atom. The highest BCUT2D eigenvalue weighted by Crippen LogP contribution is 2.31. The number of halogens is 1. The molecule has 2 aromatic rings. The molecule has 0 saturated heterocycles.